The van der Waals surface area contributed by atoms with Crippen LogP contribution in [0.5, 0.6) is 0 Å². The molecule has 0 aliphatic carbocycles. The molecule has 1 atom stereocenters. The van der Waals surface area contributed by atoms with Crippen molar-refractivity contribution in [3.05, 3.63) is 41.5 Å². The maximum absolute atomic E-state index is 6.03. The standard InChI is InChI=1S/C14H22N4/c1-4-12(15)9-13-6-5-7-18(13)10-14-8-11(2)16-17(14)3/h5-8,12H,4,9-10,15H2,1-3H3. The molecule has 0 aliphatic heterocycles. The summed E-state index contributed by atoms with van der Waals surface area (Å²) in [7, 11) is 1.99. The SMILES string of the molecule is CCC(N)Cc1cccn1Cc1cc(C)nn1C. The second-order valence-corrected chi connectivity index (χ2v) is 4.90. The van der Waals surface area contributed by atoms with Gasteiger partial charge >= 0.3 is 0 Å². The molecule has 0 radical (unpaired) electrons. The molecule has 0 saturated carbocycles. The first-order valence-corrected chi connectivity index (χ1v) is 6.49. The highest BCUT2D eigenvalue weighted by atomic mass is 15.3. The quantitative estimate of drug-likeness (QED) is 0.875. The molecular formula is C14H22N4. The molecule has 0 saturated heterocycles. The molecule has 18 heavy (non-hydrogen) atoms. The average Bonchev–Trinajstić information content (AvgIpc) is 2.87. The van der Waals surface area contributed by atoms with Crippen molar-refractivity contribution in [3.63, 3.8) is 0 Å². The number of hydrogen-bond donors (Lipinski definition) is 1. The van der Waals surface area contributed by atoms with Crippen LogP contribution in [0.2, 0.25) is 0 Å². The first kappa shape index (κ1) is 12.9. The normalized spacial score (nSPS) is 12.9. The molecular weight excluding hydrogens is 224 g/mol. The zero-order valence-corrected chi connectivity index (χ0v) is 11.4. The average molecular weight is 246 g/mol. The smallest absolute Gasteiger partial charge is 0.0642 e. The predicted octanol–water partition coefficient (Wildman–Crippen LogP) is 1.86. The summed E-state index contributed by atoms with van der Waals surface area (Å²) in [4.78, 5) is 0. The molecule has 2 heterocycles. The number of rotatable bonds is 5. The minimum atomic E-state index is 0.243. The van der Waals surface area contributed by atoms with E-state index in [-0.39, 0.29) is 6.04 Å². The third-order valence-electron chi connectivity index (χ3n) is 3.35. The Morgan fingerprint density at radius 2 is 2.17 bits per heavy atom. The van der Waals surface area contributed by atoms with Crippen LogP contribution in [0.3, 0.4) is 0 Å². The molecule has 2 aromatic heterocycles. The van der Waals surface area contributed by atoms with Crippen molar-refractivity contribution in [1.82, 2.24) is 14.3 Å². The van der Waals surface area contributed by atoms with Gasteiger partial charge in [0.1, 0.15) is 0 Å². The zero-order chi connectivity index (χ0) is 13.1. The molecule has 4 heteroatoms. The second kappa shape index (κ2) is 5.40. The first-order valence-electron chi connectivity index (χ1n) is 6.49. The Labute approximate surface area is 108 Å². The highest BCUT2D eigenvalue weighted by Gasteiger charge is 2.08. The van der Waals surface area contributed by atoms with Gasteiger partial charge in [0.25, 0.3) is 0 Å². The van der Waals surface area contributed by atoms with Crippen molar-refractivity contribution in [3.8, 4) is 0 Å². The number of nitrogens with zero attached hydrogens (tertiary/aromatic N) is 3. The van der Waals surface area contributed by atoms with Crippen LogP contribution in [0, 0.1) is 6.92 Å². The van der Waals surface area contributed by atoms with Crippen LogP contribution in [0.25, 0.3) is 0 Å². The van der Waals surface area contributed by atoms with Gasteiger partial charge in [-0.1, -0.05) is 6.92 Å². The summed E-state index contributed by atoms with van der Waals surface area (Å²) >= 11 is 0. The number of nitrogens with two attached hydrogens (primary N) is 1. The number of hydrogen-bond acceptors (Lipinski definition) is 2. The van der Waals surface area contributed by atoms with Gasteiger partial charge in [-0.3, -0.25) is 4.68 Å². The van der Waals surface area contributed by atoms with E-state index < -0.39 is 0 Å². The predicted molar refractivity (Wildman–Crippen MR) is 73.4 cm³/mol. The van der Waals surface area contributed by atoms with Gasteiger partial charge in [-0.05, 0) is 31.5 Å². The van der Waals surface area contributed by atoms with E-state index in [1.165, 1.54) is 11.4 Å². The van der Waals surface area contributed by atoms with Crippen molar-refractivity contribution < 1.29 is 0 Å². The summed E-state index contributed by atoms with van der Waals surface area (Å²) < 4.78 is 4.20. The molecule has 2 aromatic rings. The topological polar surface area (TPSA) is 48.8 Å². The monoisotopic (exact) mass is 246 g/mol. The van der Waals surface area contributed by atoms with Gasteiger partial charge in [-0.25, -0.2) is 0 Å². The van der Waals surface area contributed by atoms with E-state index in [9.17, 15) is 0 Å². The molecule has 1 unspecified atom stereocenters. The fraction of sp³-hybridized carbons (Fsp3) is 0.500. The minimum absolute atomic E-state index is 0.243. The molecule has 2 N–H and O–H groups in total. The lowest BCUT2D eigenvalue weighted by molar-refractivity contribution is 0.596. The summed E-state index contributed by atoms with van der Waals surface area (Å²) in [5, 5.41) is 4.38. The Morgan fingerprint density at radius 1 is 1.39 bits per heavy atom. The molecule has 0 aliphatic rings. The third kappa shape index (κ3) is 2.82. The summed E-state index contributed by atoms with van der Waals surface area (Å²) in [5.41, 5.74) is 9.60. The molecule has 2 rings (SSSR count). The van der Waals surface area contributed by atoms with Crippen LogP contribution < -0.4 is 5.73 Å². The molecule has 4 nitrogen and oxygen atoms in total. The van der Waals surface area contributed by atoms with Gasteiger partial charge in [0.15, 0.2) is 0 Å². The lowest BCUT2D eigenvalue weighted by Crippen LogP contribution is -2.23. The first-order chi connectivity index (χ1) is 8.60. The lowest BCUT2D eigenvalue weighted by atomic mass is 10.1. The van der Waals surface area contributed by atoms with Gasteiger partial charge in [-0.2, -0.15) is 5.10 Å². The Morgan fingerprint density at radius 3 is 2.78 bits per heavy atom. The highest BCUT2D eigenvalue weighted by molar-refractivity contribution is 5.14. The van der Waals surface area contributed by atoms with Gasteiger partial charge in [0.05, 0.1) is 17.9 Å². The van der Waals surface area contributed by atoms with Crippen LogP contribution in [-0.2, 0) is 20.0 Å². The number of aryl methyl sites for hydroxylation is 2. The summed E-state index contributed by atoms with van der Waals surface area (Å²) in [6.45, 7) is 5.01. The minimum Gasteiger partial charge on any atom is -0.345 e. The van der Waals surface area contributed by atoms with E-state index in [4.69, 9.17) is 5.73 Å². The largest absolute Gasteiger partial charge is 0.345 e. The van der Waals surface area contributed by atoms with Crippen molar-refractivity contribution in [2.75, 3.05) is 0 Å². The fourth-order valence-electron chi connectivity index (χ4n) is 2.19. The molecule has 0 spiro atoms. The van der Waals surface area contributed by atoms with Crippen molar-refractivity contribution in [2.45, 2.75) is 39.3 Å². The van der Waals surface area contributed by atoms with Crippen LogP contribution in [0.1, 0.15) is 30.4 Å². The molecule has 0 bridgehead atoms. The third-order valence-corrected chi connectivity index (χ3v) is 3.35. The summed E-state index contributed by atoms with van der Waals surface area (Å²) in [6.07, 6.45) is 4.05. The molecule has 98 valence electrons. The van der Waals surface area contributed by atoms with E-state index in [1.807, 2.05) is 18.7 Å². The van der Waals surface area contributed by atoms with Crippen molar-refractivity contribution >= 4 is 0 Å². The maximum atomic E-state index is 6.03. The van der Waals surface area contributed by atoms with Crippen LogP contribution >= 0.6 is 0 Å². The Hall–Kier alpha value is -1.55. The van der Waals surface area contributed by atoms with E-state index in [1.54, 1.807) is 0 Å². The van der Waals surface area contributed by atoms with Crippen LogP contribution in [0.4, 0.5) is 0 Å². The van der Waals surface area contributed by atoms with E-state index in [0.29, 0.717) is 0 Å². The lowest BCUT2D eigenvalue weighted by Gasteiger charge is -2.12. The fourth-order valence-corrected chi connectivity index (χ4v) is 2.19. The van der Waals surface area contributed by atoms with Crippen molar-refractivity contribution in [2.24, 2.45) is 12.8 Å². The van der Waals surface area contributed by atoms with Crippen LogP contribution in [0.15, 0.2) is 24.4 Å². The van der Waals surface area contributed by atoms with Gasteiger partial charge in [0.2, 0.25) is 0 Å². The summed E-state index contributed by atoms with van der Waals surface area (Å²) in [6, 6.07) is 6.61. The molecule has 0 fully saturated rings. The Kier molecular flexibility index (Phi) is 3.87. The van der Waals surface area contributed by atoms with E-state index >= 15 is 0 Å². The molecule has 0 aromatic carbocycles. The van der Waals surface area contributed by atoms with E-state index in [2.05, 4.69) is 41.0 Å². The Balaban J connectivity index is 2.14. The maximum Gasteiger partial charge on any atom is 0.0642 e. The summed E-state index contributed by atoms with van der Waals surface area (Å²) in [5.74, 6) is 0. The number of aromatic nitrogens is 3. The van der Waals surface area contributed by atoms with Crippen molar-refractivity contribution in [1.29, 1.82) is 0 Å². The highest BCUT2D eigenvalue weighted by Crippen LogP contribution is 2.11. The van der Waals surface area contributed by atoms with Gasteiger partial charge < -0.3 is 10.3 Å². The Bertz CT molecular complexity index is 510. The second-order valence-electron chi connectivity index (χ2n) is 4.90. The van der Waals surface area contributed by atoms with E-state index in [0.717, 1.165) is 25.1 Å². The zero-order valence-electron chi connectivity index (χ0n) is 11.4. The molecule has 0 amide bonds. The van der Waals surface area contributed by atoms with Gasteiger partial charge in [0, 0.05) is 31.4 Å². The van der Waals surface area contributed by atoms with Crippen LogP contribution in [-0.4, -0.2) is 20.4 Å². The van der Waals surface area contributed by atoms with Gasteiger partial charge in [-0.15, -0.1) is 0 Å².